The maximum Gasteiger partial charge on any atom is 0.0953 e. The first-order valence-electron chi connectivity index (χ1n) is 7.90. The third-order valence-corrected chi connectivity index (χ3v) is 4.59. The minimum Gasteiger partial charge on any atom is -0.327 e. The molecule has 3 aromatic heterocycles. The maximum absolute atomic E-state index is 4.52. The SMILES string of the molecule is Cc1nn(C)cc1-c1cncn1[C@@H](C)Cc1c(C)nn(C)c1C. The number of hydrogen-bond acceptors (Lipinski definition) is 3. The van der Waals surface area contributed by atoms with Gasteiger partial charge in [-0.25, -0.2) is 4.98 Å². The Hall–Kier alpha value is -2.37. The lowest BCUT2D eigenvalue weighted by Gasteiger charge is -2.17. The molecule has 122 valence electrons. The van der Waals surface area contributed by atoms with Crippen molar-refractivity contribution < 1.29 is 0 Å². The van der Waals surface area contributed by atoms with E-state index in [2.05, 4.69) is 46.7 Å². The molecule has 3 aromatic rings. The minimum atomic E-state index is 0.300. The van der Waals surface area contributed by atoms with Crippen LogP contribution < -0.4 is 0 Å². The summed E-state index contributed by atoms with van der Waals surface area (Å²) in [6.45, 7) is 8.47. The van der Waals surface area contributed by atoms with Crippen molar-refractivity contribution in [3.8, 4) is 11.3 Å². The van der Waals surface area contributed by atoms with Crippen LogP contribution in [0, 0.1) is 20.8 Å². The van der Waals surface area contributed by atoms with Gasteiger partial charge in [-0.1, -0.05) is 0 Å². The molecule has 6 heteroatoms. The predicted molar refractivity (Wildman–Crippen MR) is 90.3 cm³/mol. The third-order valence-electron chi connectivity index (χ3n) is 4.59. The van der Waals surface area contributed by atoms with Crippen LogP contribution >= 0.6 is 0 Å². The lowest BCUT2D eigenvalue weighted by atomic mass is 10.0. The molecule has 3 rings (SSSR count). The number of aromatic nitrogens is 6. The number of rotatable bonds is 4. The van der Waals surface area contributed by atoms with Crippen molar-refractivity contribution in [2.45, 2.75) is 40.2 Å². The molecule has 0 aliphatic heterocycles. The summed E-state index contributed by atoms with van der Waals surface area (Å²) in [7, 11) is 3.95. The fraction of sp³-hybridized carbons (Fsp3) is 0.471. The largest absolute Gasteiger partial charge is 0.327 e. The average Bonchev–Trinajstić information content (AvgIpc) is 3.14. The van der Waals surface area contributed by atoms with Crippen molar-refractivity contribution in [1.82, 2.24) is 29.1 Å². The van der Waals surface area contributed by atoms with Gasteiger partial charge in [-0.15, -0.1) is 0 Å². The van der Waals surface area contributed by atoms with Crippen molar-refractivity contribution in [1.29, 1.82) is 0 Å². The average molecular weight is 312 g/mol. The van der Waals surface area contributed by atoms with Gasteiger partial charge in [0.05, 0.1) is 29.6 Å². The maximum atomic E-state index is 4.52. The Kier molecular flexibility index (Phi) is 3.83. The summed E-state index contributed by atoms with van der Waals surface area (Å²) in [5.74, 6) is 0. The van der Waals surface area contributed by atoms with Crippen molar-refractivity contribution in [3.63, 3.8) is 0 Å². The van der Waals surface area contributed by atoms with Crippen LogP contribution in [0.4, 0.5) is 0 Å². The summed E-state index contributed by atoms with van der Waals surface area (Å²) in [5.41, 5.74) is 6.93. The van der Waals surface area contributed by atoms with Crippen LogP contribution in [0.1, 0.15) is 35.6 Å². The van der Waals surface area contributed by atoms with Crippen LogP contribution in [-0.4, -0.2) is 29.1 Å². The number of aryl methyl sites for hydroxylation is 4. The monoisotopic (exact) mass is 312 g/mol. The molecule has 0 saturated carbocycles. The summed E-state index contributed by atoms with van der Waals surface area (Å²) in [6, 6.07) is 0.300. The molecule has 0 fully saturated rings. The fourth-order valence-electron chi connectivity index (χ4n) is 3.22. The first kappa shape index (κ1) is 15.5. The molecule has 6 nitrogen and oxygen atoms in total. The van der Waals surface area contributed by atoms with Gasteiger partial charge in [0.1, 0.15) is 0 Å². The number of hydrogen-bond donors (Lipinski definition) is 0. The molecule has 0 aromatic carbocycles. The molecule has 0 bridgehead atoms. The quantitative estimate of drug-likeness (QED) is 0.744. The zero-order chi connectivity index (χ0) is 16.7. The van der Waals surface area contributed by atoms with E-state index in [0.29, 0.717) is 6.04 Å². The third kappa shape index (κ3) is 2.69. The van der Waals surface area contributed by atoms with Crippen LogP contribution in [0.3, 0.4) is 0 Å². The van der Waals surface area contributed by atoms with Crippen LogP contribution in [0.25, 0.3) is 11.3 Å². The van der Waals surface area contributed by atoms with E-state index in [1.165, 1.54) is 11.3 Å². The van der Waals surface area contributed by atoms with Gasteiger partial charge in [0, 0.05) is 37.6 Å². The topological polar surface area (TPSA) is 53.5 Å². The molecule has 23 heavy (non-hydrogen) atoms. The summed E-state index contributed by atoms with van der Waals surface area (Å²) in [5, 5.41) is 8.97. The molecule has 0 saturated heterocycles. The Bertz CT molecular complexity index is 836. The molecule has 0 amide bonds. The molecule has 1 atom stereocenters. The van der Waals surface area contributed by atoms with E-state index in [1.54, 1.807) is 0 Å². The van der Waals surface area contributed by atoms with Crippen LogP contribution in [0.2, 0.25) is 0 Å². The molecule has 3 heterocycles. The second-order valence-corrected chi connectivity index (χ2v) is 6.31. The van der Waals surface area contributed by atoms with Crippen LogP contribution in [-0.2, 0) is 20.5 Å². The van der Waals surface area contributed by atoms with Gasteiger partial charge in [-0.2, -0.15) is 10.2 Å². The molecule has 0 unspecified atom stereocenters. The van der Waals surface area contributed by atoms with Crippen molar-refractivity contribution in [2.24, 2.45) is 14.1 Å². The predicted octanol–water partition coefficient (Wildman–Crippen LogP) is 2.75. The van der Waals surface area contributed by atoms with Crippen molar-refractivity contribution in [3.05, 3.63) is 41.4 Å². The fourth-order valence-corrected chi connectivity index (χ4v) is 3.22. The first-order valence-corrected chi connectivity index (χ1v) is 7.90. The summed E-state index contributed by atoms with van der Waals surface area (Å²) in [6.07, 6.45) is 6.82. The molecular formula is C17H24N6. The first-order chi connectivity index (χ1) is 10.9. The lowest BCUT2D eigenvalue weighted by molar-refractivity contribution is 0.546. The zero-order valence-corrected chi connectivity index (χ0v) is 14.7. The van der Waals surface area contributed by atoms with Crippen molar-refractivity contribution >= 4 is 0 Å². The summed E-state index contributed by atoms with van der Waals surface area (Å²) < 4.78 is 6.04. The van der Waals surface area contributed by atoms with E-state index in [1.807, 2.05) is 42.9 Å². The van der Waals surface area contributed by atoms with E-state index >= 15 is 0 Å². The van der Waals surface area contributed by atoms with E-state index in [4.69, 9.17) is 0 Å². The molecular weight excluding hydrogens is 288 g/mol. The van der Waals surface area contributed by atoms with E-state index in [0.717, 1.165) is 29.1 Å². The van der Waals surface area contributed by atoms with Gasteiger partial charge in [0.2, 0.25) is 0 Å². The van der Waals surface area contributed by atoms with Gasteiger partial charge in [0.15, 0.2) is 0 Å². The zero-order valence-electron chi connectivity index (χ0n) is 14.7. The van der Waals surface area contributed by atoms with E-state index in [9.17, 15) is 0 Å². The summed E-state index contributed by atoms with van der Waals surface area (Å²) in [4.78, 5) is 4.37. The Morgan fingerprint density at radius 3 is 2.39 bits per heavy atom. The smallest absolute Gasteiger partial charge is 0.0953 e. The van der Waals surface area contributed by atoms with Crippen LogP contribution in [0.5, 0.6) is 0 Å². The van der Waals surface area contributed by atoms with E-state index < -0.39 is 0 Å². The van der Waals surface area contributed by atoms with Gasteiger partial charge >= 0.3 is 0 Å². The highest BCUT2D eigenvalue weighted by molar-refractivity contribution is 5.60. The Morgan fingerprint density at radius 2 is 1.83 bits per heavy atom. The molecule has 0 spiro atoms. The second kappa shape index (κ2) is 5.68. The van der Waals surface area contributed by atoms with E-state index in [-0.39, 0.29) is 0 Å². The molecule has 0 N–H and O–H groups in total. The lowest BCUT2D eigenvalue weighted by Crippen LogP contribution is -2.10. The highest BCUT2D eigenvalue weighted by Crippen LogP contribution is 2.27. The molecule has 0 aliphatic carbocycles. The summed E-state index contributed by atoms with van der Waals surface area (Å²) >= 11 is 0. The Balaban J connectivity index is 1.94. The number of nitrogens with zero attached hydrogens (tertiary/aromatic N) is 6. The van der Waals surface area contributed by atoms with Crippen LogP contribution in [0.15, 0.2) is 18.7 Å². The Morgan fingerprint density at radius 1 is 1.09 bits per heavy atom. The van der Waals surface area contributed by atoms with Gasteiger partial charge in [0.25, 0.3) is 0 Å². The standard InChI is InChI=1S/C17H24N6/c1-11(7-15-12(2)20-22(6)14(15)4)23-10-18-8-17(23)16-9-21(5)19-13(16)3/h8-11H,7H2,1-6H3/t11-/m0/s1. The molecule has 0 radical (unpaired) electrons. The second-order valence-electron chi connectivity index (χ2n) is 6.31. The highest BCUT2D eigenvalue weighted by Gasteiger charge is 2.18. The molecule has 0 aliphatic rings. The minimum absolute atomic E-state index is 0.300. The van der Waals surface area contributed by atoms with Crippen molar-refractivity contribution in [2.75, 3.05) is 0 Å². The number of imidazole rings is 1. The van der Waals surface area contributed by atoms with Gasteiger partial charge < -0.3 is 4.57 Å². The van der Waals surface area contributed by atoms with Gasteiger partial charge in [-0.05, 0) is 39.7 Å². The van der Waals surface area contributed by atoms with Gasteiger partial charge in [-0.3, -0.25) is 9.36 Å². The normalized spacial score (nSPS) is 12.8. The highest BCUT2D eigenvalue weighted by atomic mass is 15.3. The Labute approximate surface area is 136 Å².